The predicted octanol–water partition coefficient (Wildman–Crippen LogP) is 1.83. The maximum Gasteiger partial charge on any atom is 0.326 e. The molecule has 0 bridgehead atoms. The summed E-state index contributed by atoms with van der Waals surface area (Å²) in [6, 6.07) is 0. The summed E-state index contributed by atoms with van der Waals surface area (Å²) in [6.07, 6.45) is 1.84. The number of ether oxygens (including phenoxy) is 2. The molecule has 1 atom stereocenters. The van der Waals surface area contributed by atoms with Crippen molar-refractivity contribution in [2.45, 2.75) is 44.4 Å². The van der Waals surface area contributed by atoms with Gasteiger partial charge in [0.25, 0.3) is 0 Å². The van der Waals surface area contributed by atoms with Crippen LogP contribution in [-0.4, -0.2) is 48.9 Å². The lowest BCUT2D eigenvalue weighted by atomic mass is 9.96. The second-order valence-electron chi connectivity index (χ2n) is 4.72. The van der Waals surface area contributed by atoms with E-state index < -0.39 is 5.54 Å². The van der Waals surface area contributed by atoms with Gasteiger partial charge in [-0.05, 0) is 39.0 Å². The van der Waals surface area contributed by atoms with E-state index in [0.29, 0.717) is 11.9 Å². The van der Waals surface area contributed by atoms with Crippen molar-refractivity contribution in [3.8, 4) is 0 Å². The lowest BCUT2D eigenvalue weighted by Crippen LogP contribution is -2.50. The molecule has 1 aliphatic rings. The van der Waals surface area contributed by atoms with Gasteiger partial charge in [-0.1, -0.05) is 6.92 Å². The third kappa shape index (κ3) is 4.78. The molecule has 1 fully saturated rings. The molecule has 0 radical (unpaired) electrons. The number of likely N-dealkylation sites (N-methyl/N-ethyl adjacent to an activating group) is 1. The summed E-state index contributed by atoms with van der Waals surface area (Å²) in [7, 11) is 0. The van der Waals surface area contributed by atoms with Gasteiger partial charge in [-0.25, -0.2) is 0 Å². The molecule has 1 aliphatic heterocycles. The van der Waals surface area contributed by atoms with Gasteiger partial charge >= 0.3 is 5.97 Å². The van der Waals surface area contributed by atoms with E-state index in [-0.39, 0.29) is 5.97 Å². The van der Waals surface area contributed by atoms with Crippen LogP contribution in [0.1, 0.15) is 33.6 Å². The second kappa shape index (κ2) is 8.02. The van der Waals surface area contributed by atoms with Crippen molar-refractivity contribution in [2.24, 2.45) is 0 Å². The highest BCUT2D eigenvalue weighted by atomic mass is 32.2. The van der Waals surface area contributed by atoms with Gasteiger partial charge in [-0.2, -0.15) is 11.8 Å². The minimum Gasteiger partial charge on any atom is -0.465 e. The summed E-state index contributed by atoms with van der Waals surface area (Å²) in [5.74, 6) is 0.942. The molecular formula is C13H25NO3S. The van der Waals surface area contributed by atoms with Crippen molar-refractivity contribution in [3.05, 3.63) is 0 Å². The van der Waals surface area contributed by atoms with E-state index in [1.807, 2.05) is 32.5 Å². The fourth-order valence-corrected chi connectivity index (χ4v) is 2.96. The highest BCUT2D eigenvalue weighted by Gasteiger charge is 2.33. The zero-order valence-electron chi connectivity index (χ0n) is 11.7. The summed E-state index contributed by atoms with van der Waals surface area (Å²) >= 11 is 1.94. The Morgan fingerprint density at radius 1 is 1.50 bits per heavy atom. The minimum atomic E-state index is -0.540. The Morgan fingerprint density at radius 2 is 2.22 bits per heavy atom. The quantitative estimate of drug-likeness (QED) is 0.514. The topological polar surface area (TPSA) is 47.6 Å². The van der Waals surface area contributed by atoms with Crippen molar-refractivity contribution in [2.75, 3.05) is 32.1 Å². The molecule has 0 spiro atoms. The first-order chi connectivity index (χ1) is 8.62. The first kappa shape index (κ1) is 15.8. The highest BCUT2D eigenvalue weighted by Crippen LogP contribution is 2.22. The van der Waals surface area contributed by atoms with Gasteiger partial charge in [0, 0.05) is 0 Å². The molecule has 0 amide bonds. The number of esters is 1. The molecule has 18 heavy (non-hydrogen) atoms. The molecule has 0 aromatic carbocycles. The normalized spacial score (nSPS) is 19.1. The molecule has 0 saturated carbocycles. The van der Waals surface area contributed by atoms with Gasteiger partial charge in [0.15, 0.2) is 0 Å². The van der Waals surface area contributed by atoms with Gasteiger partial charge in [-0.15, -0.1) is 0 Å². The Morgan fingerprint density at radius 3 is 2.72 bits per heavy atom. The zero-order chi connectivity index (χ0) is 13.4. The number of carbonyl (C=O) groups excluding carboxylic acids is 1. The average Bonchev–Trinajstić information content (AvgIpc) is 2.27. The molecule has 1 heterocycles. The lowest BCUT2D eigenvalue weighted by Gasteiger charge is -2.29. The molecule has 1 rings (SSSR count). The number of nitrogens with one attached hydrogen (secondary N) is 1. The number of hydrogen-bond acceptors (Lipinski definition) is 5. The van der Waals surface area contributed by atoms with Gasteiger partial charge in [-0.3, -0.25) is 4.79 Å². The smallest absolute Gasteiger partial charge is 0.326 e. The van der Waals surface area contributed by atoms with E-state index in [9.17, 15) is 4.79 Å². The SMILES string of the molecule is CCNC(C)(CCCSC1COC1)C(=O)OCC. The van der Waals surface area contributed by atoms with E-state index in [1.165, 1.54) is 0 Å². The predicted molar refractivity (Wildman–Crippen MR) is 75.0 cm³/mol. The van der Waals surface area contributed by atoms with Crippen LogP contribution in [0, 0.1) is 0 Å². The minimum absolute atomic E-state index is 0.135. The van der Waals surface area contributed by atoms with Crippen LogP contribution < -0.4 is 5.32 Å². The summed E-state index contributed by atoms with van der Waals surface area (Å²) in [4.78, 5) is 11.9. The van der Waals surface area contributed by atoms with Crippen LogP contribution in [0.25, 0.3) is 0 Å². The van der Waals surface area contributed by atoms with Crippen LogP contribution in [0.3, 0.4) is 0 Å². The monoisotopic (exact) mass is 275 g/mol. The van der Waals surface area contributed by atoms with Gasteiger partial charge in [0.1, 0.15) is 5.54 Å². The fraction of sp³-hybridized carbons (Fsp3) is 0.923. The Hall–Kier alpha value is -0.260. The van der Waals surface area contributed by atoms with Crippen molar-refractivity contribution < 1.29 is 14.3 Å². The molecule has 0 aromatic heterocycles. The molecule has 0 aliphatic carbocycles. The number of rotatable bonds is 9. The Kier molecular flexibility index (Phi) is 7.04. The van der Waals surface area contributed by atoms with E-state index in [0.717, 1.165) is 38.4 Å². The Labute approximate surface area is 114 Å². The zero-order valence-corrected chi connectivity index (χ0v) is 12.5. The molecule has 1 unspecified atom stereocenters. The molecular weight excluding hydrogens is 250 g/mol. The number of thioether (sulfide) groups is 1. The molecule has 106 valence electrons. The molecule has 1 N–H and O–H groups in total. The molecule has 4 nitrogen and oxygen atoms in total. The Balaban J connectivity index is 2.28. The van der Waals surface area contributed by atoms with Gasteiger partial charge in [0.05, 0.1) is 25.1 Å². The first-order valence-electron chi connectivity index (χ1n) is 6.74. The van der Waals surface area contributed by atoms with Crippen LogP contribution in [-0.2, 0) is 14.3 Å². The second-order valence-corrected chi connectivity index (χ2v) is 6.12. The summed E-state index contributed by atoms with van der Waals surface area (Å²) in [5.41, 5.74) is -0.540. The van der Waals surface area contributed by atoms with Crippen LogP contribution in [0.15, 0.2) is 0 Å². The van der Waals surface area contributed by atoms with Crippen molar-refractivity contribution in [1.29, 1.82) is 0 Å². The van der Waals surface area contributed by atoms with Gasteiger partial charge in [0.2, 0.25) is 0 Å². The largest absolute Gasteiger partial charge is 0.465 e. The standard InChI is InChI=1S/C13H25NO3S/c1-4-14-13(3,12(15)17-5-2)7-6-8-18-11-9-16-10-11/h11,14H,4-10H2,1-3H3. The summed E-state index contributed by atoms with van der Waals surface area (Å²) < 4.78 is 10.3. The van der Waals surface area contributed by atoms with Gasteiger partial charge < -0.3 is 14.8 Å². The summed E-state index contributed by atoms with van der Waals surface area (Å²) in [6.45, 7) is 8.77. The van der Waals surface area contributed by atoms with E-state index in [4.69, 9.17) is 9.47 Å². The van der Waals surface area contributed by atoms with Crippen molar-refractivity contribution in [1.82, 2.24) is 5.32 Å². The maximum absolute atomic E-state index is 11.9. The first-order valence-corrected chi connectivity index (χ1v) is 7.79. The van der Waals surface area contributed by atoms with Crippen molar-refractivity contribution >= 4 is 17.7 Å². The van der Waals surface area contributed by atoms with E-state index >= 15 is 0 Å². The average molecular weight is 275 g/mol. The van der Waals surface area contributed by atoms with E-state index in [2.05, 4.69) is 5.32 Å². The molecule has 1 saturated heterocycles. The number of hydrogen-bond donors (Lipinski definition) is 1. The van der Waals surface area contributed by atoms with Crippen LogP contribution in [0.4, 0.5) is 0 Å². The van der Waals surface area contributed by atoms with E-state index in [1.54, 1.807) is 0 Å². The summed E-state index contributed by atoms with van der Waals surface area (Å²) in [5, 5.41) is 3.92. The third-order valence-electron chi connectivity index (χ3n) is 3.08. The Bertz CT molecular complexity index is 259. The van der Waals surface area contributed by atoms with Crippen LogP contribution in [0.2, 0.25) is 0 Å². The van der Waals surface area contributed by atoms with Crippen molar-refractivity contribution in [3.63, 3.8) is 0 Å². The maximum atomic E-state index is 11.9. The van der Waals surface area contributed by atoms with Crippen LogP contribution in [0.5, 0.6) is 0 Å². The molecule has 0 aromatic rings. The number of carbonyl (C=O) groups is 1. The lowest BCUT2D eigenvalue weighted by molar-refractivity contribution is -0.150. The third-order valence-corrected chi connectivity index (χ3v) is 4.34. The molecule has 5 heteroatoms. The van der Waals surface area contributed by atoms with Crippen LogP contribution >= 0.6 is 11.8 Å². The fourth-order valence-electron chi connectivity index (χ4n) is 1.93. The highest BCUT2D eigenvalue weighted by molar-refractivity contribution is 8.00.